The Hall–Kier alpha value is -2.07. The van der Waals surface area contributed by atoms with Gasteiger partial charge >= 0.3 is 0 Å². The fourth-order valence-electron chi connectivity index (χ4n) is 3.19. The molecular weight excluding hydrogens is 300 g/mol. The minimum absolute atomic E-state index is 0.0319. The van der Waals surface area contributed by atoms with E-state index in [4.69, 9.17) is 4.74 Å². The highest BCUT2D eigenvalue weighted by Gasteiger charge is 2.27. The lowest BCUT2D eigenvalue weighted by atomic mass is 10.1. The summed E-state index contributed by atoms with van der Waals surface area (Å²) in [5.74, 6) is 0.992. The highest BCUT2D eigenvalue weighted by molar-refractivity contribution is 5.81. The molecule has 3 rings (SSSR count). The van der Waals surface area contributed by atoms with Gasteiger partial charge < -0.3 is 10.1 Å². The second kappa shape index (κ2) is 8.15. The monoisotopic (exact) mass is 326 g/mol. The molecule has 0 radical (unpaired) electrons. The van der Waals surface area contributed by atoms with E-state index < -0.39 is 0 Å². The van der Waals surface area contributed by atoms with Crippen LogP contribution in [0.5, 0.6) is 5.75 Å². The normalized spacial score (nSPS) is 20.7. The summed E-state index contributed by atoms with van der Waals surface area (Å²) >= 11 is 0. The van der Waals surface area contributed by atoms with Crippen molar-refractivity contribution in [1.29, 1.82) is 0 Å². The Bertz CT molecular complexity index is 619. The molecule has 1 aromatic carbocycles. The van der Waals surface area contributed by atoms with Crippen molar-refractivity contribution >= 4 is 5.91 Å². The van der Waals surface area contributed by atoms with Crippen molar-refractivity contribution in [3.05, 3.63) is 53.6 Å². The smallest absolute Gasteiger partial charge is 0.237 e. The van der Waals surface area contributed by atoms with Crippen LogP contribution in [0.4, 0.5) is 0 Å². The number of ether oxygens (including phenoxy) is 1. The zero-order valence-electron chi connectivity index (χ0n) is 14.3. The molecule has 1 aliphatic heterocycles. The summed E-state index contributed by atoms with van der Waals surface area (Å²) in [4.78, 5) is 14.3. The molecule has 4 heteroatoms. The van der Waals surface area contributed by atoms with Gasteiger partial charge in [-0.25, -0.2) is 0 Å². The van der Waals surface area contributed by atoms with Gasteiger partial charge in [0.2, 0.25) is 5.91 Å². The molecule has 1 atom stereocenters. The number of hydrogen-bond donors (Lipinski definition) is 1. The minimum atomic E-state index is 0.0319. The van der Waals surface area contributed by atoms with Crippen molar-refractivity contribution < 1.29 is 9.53 Å². The van der Waals surface area contributed by atoms with Crippen molar-refractivity contribution in [3.63, 3.8) is 0 Å². The molecule has 0 spiro atoms. The van der Waals surface area contributed by atoms with Gasteiger partial charge in [-0.05, 0) is 62.5 Å². The summed E-state index contributed by atoms with van der Waals surface area (Å²) in [6.45, 7) is 2.19. The van der Waals surface area contributed by atoms with Crippen molar-refractivity contribution in [3.8, 4) is 5.75 Å². The third-order valence-electron chi connectivity index (χ3n) is 4.69. The van der Waals surface area contributed by atoms with E-state index in [0.717, 1.165) is 43.5 Å². The van der Waals surface area contributed by atoms with Gasteiger partial charge in [0.1, 0.15) is 12.4 Å². The lowest BCUT2D eigenvalue weighted by Gasteiger charge is -2.18. The predicted octanol–water partition coefficient (Wildman–Crippen LogP) is 3.05. The van der Waals surface area contributed by atoms with E-state index >= 15 is 0 Å². The molecule has 128 valence electrons. The Labute approximate surface area is 144 Å². The maximum atomic E-state index is 12.2. The summed E-state index contributed by atoms with van der Waals surface area (Å²) in [5, 5.41) is 3.03. The van der Waals surface area contributed by atoms with Gasteiger partial charge in [-0.15, -0.1) is 0 Å². The van der Waals surface area contributed by atoms with Gasteiger partial charge in [0.25, 0.3) is 0 Å². The molecule has 4 nitrogen and oxygen atoms in total. The number of likely N-dealkylation sites (tertiary alicyclic amines) is 1. The van der Waals surface area contributed by atoms with Crippen LogP contribution in [-0.4, -0.2) is 37.0 Å². The first-order valence-corrected chi connectivity index (χ1v) is 8.77. The molecule has 1 aromatic rings. The topological polar surface area (TPSA) is 41.6 Å². The van der Waals surface area contributed by atoms with E-state index in [2.05, 4.69) is 28.4 Å². The zero-order valence-corrected chi connectivity index (χ0v) is 14.3. The quantitative estimate of drug-likeness (QED) is 0.873. The zero-order chi connectivity index (χ0) is 16.8. The minimum Gasteiger partial charge on any atom is -0.489 e. The van der Waals surface area contributed by atoms with E-state index in [0.29, 0.717) is 13.2 Å². The van der Waals surface area contributed by atoms with Crippen LogP contribution in [-0.2, 0) is 11.3 Å². The maximum absolute atomic E-state index is 12.2. The largest absolute Gasteiger partial charge is 0.489 e. The number of amides is 1. The molecule has 24 heavy (non-hydrogen) atoms. The predicted molar refractivity (Wildman–Crippen MR) is 95.9 cm³/mol. The number of benzene rings is 1. The number of carbonyl (C=O) groups is 1. The Morgan fingerprint density at radius 2 is 2.12 bits per heavy atom. The van der Waals surface area contributed by atoms with Crippen LogP contribution in [0.25, 0.3) is 0 Å². The number of allylic oxidation sites excluding steroid dienone is 2. The Balaban J connectivity index is 1.45. The van der Waals surface area contributed by atoms with Crippen molar-refractivity contribution in [2.24, 2.45) is 0 Å². The molecule has 0 saturated carbocycles. The summed E-state index contributed by atoms with van der Waals surface area (Å²) in [6, 6.07) is 7.99. The molecule has 1 saturated heterocycles. The molecule has 1 heterocycles. The fourth-order valence-corrected chi connectivity index (χ4v) is 3.19. The van der Waals surface area contributed by atoms with Gasteiger partial charge in [-0.3, -0.25) is 9.69 Å². The van der Waals surface area contributed by atoms with Gasteiger partial charge in [0.05, 0.1) is 6.04 Å². The lowest BCUT2D eigenvalue weighted by molar-refractivity contribution is -0.125. The maximum Gasteiger partial charge on any atom is 0.237 e. The number of likely N-dealkylation sites (N-methyl/N-ethyl adjacent to an activating group) is 1. The molecule has 1 N–H and O–H groups in total. The van der Waals surface area contributed by atoms with Crippen molar-refractivity contribution in [2.45, 2.75) is 38.3 Å². The first kappa shape index (κ1) is 16.8. The Morgan fingerprint density at radius 1 is 1.29 bits per heavy atom. The van der Waals surface area contributed by atoms with E-state index in [1.54, 1.807) is 0 Å². The van der Waals surface area contributed by atoms with E-state index in [-0.39, 0.29) is 11.9 Å². The van der Waals surface area contributed by atoms with E-state index in [1.807, 2.05) is 31.3 Å². The second-order valence-electron chi connectivity index (χ2n) is 6.55. The Kier molecular flexibility index (Phi) is 5.70. The van der Waals surface area contributed by atoms with Gasteiger partial charge in [-0.1, -0.05) is 30.4 Å². The molecular formula is C20H26N2O2. The highest BCUT2D eigenvalue weighted by Crippen LogP contribution is 2.17. The van der Waals surface area contributed by atoms with Crippen LogP contribution in [0.3, 0.4) is 0 Å². The first-order valence-electron chi connectivity index (χ1n) is 8.77. The third-order valence-corrected chi connectivity index (χ3v) is 4.69. The fraction of sp³-hybridized carbons (Fsp3) is 0.450. The summed E-state index contributed by atoms with van der Waals surface area (Å²) in [5.41, 5.74) is 2.33. The van der Waals surface area contributed by atoms with Crippen LogP contribution in [0, 0.1) is 0 Å². The van der Waals surface area contributed by atoms with Gasteiger partial charge in [-0.2, -0.15) is 0 Å². The second-order valence-corrected chi connectivity index (χ2v) is 6.55. The van der Waals surface area contributed by atoms with Crippen LogP contribution < -0.4 is 10.1 Å². The number of nitrogens with zero attached hydrogens (tertiary/aromatic N) is 1. The molecule has 0 aromatic heterocycles. The number of nitrogens with one attached hydrogen (secondary N) is 1. The standard InChI is InChI=1S/C20H26N2O2/c1-22-13-5-8-19(22)20(23)21-14-16-9-11-18(12-10-16)24-15-17-6-3-2-4-7-17/h3,6-7,9-12,19H,2,4-5,8,13-15H2,1H3,(H,21,23). The van der Waals surface area contributed by atoms with Gasteiger partial charge in [0.15, 0.2) is 0 Å². The molecule has 1 fully saturated rings. The van der Waals surface area contributed by atoms with Crippen molar-refractivity contribution in [1.82, 2.24) is 10.2 Å². The van der Waals surface area contributed by atoms with Crippen LogP contribution >= 0.6 is 0 Å². The van der Waals surface area contributed by atoms with E-state index in [1.165, 1.54) is 5.57 Å². The SMILES string of the molecule is CN1CCCC1C(=O)NCc1ccc(OCC2=CCCC=C2)cc1. The number of hydrogen-bond acceptors (Lipinski definition) is 3. The van der Waals surface area contributed by atoms with Crippen LogP contribution in [0.15, 0.2) is 48.1 Å². The molecule has 1 unspecified atom stereocenters. The average Bonchev–Trinajstić information content (AvgIpc) is 3.06. The molecule has 0 bridgehead atoms. The van der Waals surface area contributed by atoms with Gasteiger partial charge in [0, 0.05) is 6.54 Å². The molecule has 1 amide bonds. The van der Waals surface area contributed by atoms with Crippen LogP contribution in [0.2, 0.25) is 0 Å². The lowest BCUT2D eigenvalue weighted by Crippen LogP contribution is -2.41. The Morgan fingerprint density at radius 3 is 2.79 bits per heavy atom. The van der Waals surface area contributed by atoms with E-state index in [9.17, 15) is 4.79 Å². The van der Waals surface area contributed by atoms with Crippen molar-refractivity contribution in [2.75, 3.05) is 20.2 Å². The summed E-state index contributed by atoms with van der Waals surface area (Å²) in [7, 11) is 2.01. The number of rotatable bonds is 6. The molecule has 2 aliphatic rings. The first-order chi connectivity index (χ1) is 11.7. The third kappa shape index (κ3) is 4.48. The highest BCUT2D eigenvalue weighted by atomic mass is 16.5. The molecule has 1 aliphatic carbocycles. The number of carbonyl (C=O) groups excluding carboxylic acids is 1. The van der Waals surface area contributed by atoms with Crippen LogP contribution in [0.1, 0.15) is 31.2 Å². The summed E-state index contributed by atoms with van der Waals surface area (Å²) in [6.07, 6.45) is 10.8. The summed E-state index contributed by atoms with van der Waals surface area (Å²) < 4.78 is 5.81. The average molecular weight is 326 g/mol.